The molecular weight excluding hydrogens is 929 g/mol. The third-order valence-corrected chi connectivity index (χ3v) is 16.4. The van der Waals surface area contributed by atoms with E-state index in [1.165, 1.54) is 127 Å². The molecule has 10 aromatic rings. The molecule has 8 heterocycles. The largest absolute Gasteiger partial charge is 0.307 e. The molecule has 8 heteroatoms. The summed E-state index contributed by atoms with van der Waals surface area (Å²) in [7, 11) is 0. The highest BCUT2D eigenvalue weighted by Gasteiger charge is 2.22. The van der Waals surface area contributed by atoms with E-state index in [-0.39, 0.29) is 0 Å². The highest BCUT2D eigenvalue weighted by molar-refractivity contribution is 7.14. The number of hydrogen-bond acceptors (Lipinski definition) is 6. The summed E-state index contributed by atoms with van der Waals surface area (Å²) in [5.41, 5.74) is 16.1. The lowest BCUT2D eigenvalue weighted by atomic mass is 10.1. The van der Waals surface area contributed by atoms with Crippen LogP contribution >= 0.6 is 45.3 Å². The van der Waals surface area contributed by atoms with Crippen LogP contribution in [0, 0.1) is 0 Å². The fourth-order valence-electron chi connectivity index (χ4n) is 9.28. The minimum absolute atomic E-state index is 0.835. The molecule has 0 spiro atoms. The molecule has 0 fully saturated rings. The van der Waals surface area contributed by atoms with Gasteiger partial charge in [-0.1, -0.05) is 125 Å². The molecule has 0 saturated heterocycles. The maximum Gasteiger partial charge on any atom is 0.0892 e. The number of benzene rings is 2. The van der Waals surface area contributed by atoms with Crippen molar-refractivity contribution in [2.45, 2.75) is 78.1 Å². The van der Waals surface area contributed by atoms with Crippen molar-refractivity contribution in [2.24, 2.45) is 0 Å². The van der Waals surface area contributed by atoms with Crippen molar-refractivity contribution in [3.63, 3.8) is 0 Å². The lowest BCUT2D eigenvalue weighted by molar-refractivity contribution is 0.667. The molecule has 4 nitrogen and oxygen atoms in total. The van der Waals surface area contributed by atoms with Crippen LogP contribution in [-0.2, 0) is 12.8 Å². The Bertz CT molecular complexity index is 3030. The van der Waals surface area contributed by atoms with E-state index < -0.39 is 0 Å². The van der Waals surface area contributed by atoms with Gasteiger partial charge in [-0.15, -0.1) is 45.3 Å². The van der Waals surface area contributed by atoms with Gasteiger partial charge in [0.1, 0.15) is 0 Å². The van der Waals surface area contributed by atoms with Crippen LogP contribution in [0.4, 0.5) is 0 Å². The fraction of sp³-hybridized carbons (Fsp3) is 0.194. The average molecular weight is 987 g/mol. The van der Waals surface area contributed by atoms with Crippen LogP contribution < -0.4 is 0 Å². The van der Waals surface area contributed by atoms with E-state index in [0.29, 0.717) is 0 Å². The highest BCUT2D eigenvalue weighted by Crippen LogP contribution is 2.42. The number of thiophene rings is 4. The average Bonchev–Trinajstić information content (AvgIpc) is 4.26. The van der Waals surface area contributed by atoms with Gasteiger partial charge in [-0.05, 0) is 154 Å². The topological polar surface area (TPSA) is 35.6 Å². The maximum absolute atomic E-state index is 4.84. The normalized spacial score (nSPS) is 11.7. The predicted molar refractivity (Wildman–Crippen MR) is 306 cm³/mol. The van der Waals surface area contributed by atoms with Crippen LogP contribution in [0.1, 0.15) is 98.6 Å². The van der Waals surface area contributed by atoms with Crippen molar-refractivity contribution < 1.29 is 0 Å². The molecule has 0 aliphatic rings. The van der Waals surface area contributed by atoms with Crippen molar-refractivity contribution >= 4 is 69.7 Å². The van der Waals surface area contributed by atoms with E-state index in [4.69, 9.17) is 9.97 Å². The number of pyridine rings is 2. The Labute approximate surface area is 429 Å². The van der Waals surface area contributed by atoms with Gasteiger partial charge in [0.05, 0.1) is 53.7 Å². The summed E-state index contributed by atoms with van der Waals surface area (Å²) >= 11 is 7.13. The molecule has 350 valence electrons. The van der Waals surface area contributed by atoms with E-state index in [2.05, 4.69) is 202 Å². The first-order valence-corrected chi connectivity index (χ1v) is 28.3. The number of nitrogens with zero attached hydrogens (tertiary/aromatic N) is 4. The van der Waals surface area contributed by atoms with Crippen LogP contribution in [0.3, 0.4) is 0 Å². The standard InChI is InChI=1S/C62H58N4S4/c1-3-5-7-9-15-45-23-29-51(30-24-45)65-55(57-17-11-37-67-57)43-49(61(65)59-19-13-39-69-59)27-21-47-33-35-63-53(41-47)54-42-48(34-36-64-54)22-28-50-44-56(58-18-12-38-68-58)66(62(50)60-20-14-40-70-60)52-31-25-46(26-32-52)16-10-8-6-4-2/h11-14,17-44H,3-10,15-16H2,1-2H3/b27-21+,28-22+. The Morgan fingerprint density at radius 2 is 0.814 bits per heavy atom. The molecule has 70 heavy (non-hydrogen) atoms. The monoisotopic (exact) mass is 986 g/mol. The minimum Gasteiger partial charge on any atom is -0.307 e. The van der Waals surface area contributed by atoms with Crippen molar-refractivity contribution in [2.75, 3.05) is 0 Å². The zero-order valence-corrected chi connectivity index (χ0v) is 43.2. The molecule has 0 aliphatic heterocycles. The van der Waals surface area contributed by atoms with Gasteiger partial charge in [-0.3, -0.25) is 9.97 Å². The maximum atomic E-state index is 4.84. The van der Waals surface area contributed by atoms with E-state index >= 15 is 0 Å². The molecule has 10 rings (SSSR count). The van der Waals surface area contributed by atoms with Crippen molar-refractivity contribution in [3.8, 4) is 65.0 Å². The molecule has 2 aromatic carbocycles. The van der Waals surface area contributed by atoms with Gasteiger partial charge in [0.25, 0.3) is 0 Å². The van der Waals surface area contributed by atoms with Crippen LogP contribution in [-0.4, -0.2) is 19.1 Å². The van der Waals surface area contributed by atoms with Gasteiger partial charge in [-0.2, -0.15) is 0 Å². The van der Waals surface area contributed by atoms with Crippen molar-refractivity contribution in [1.29, 1.82) is 0 Å². The summed E-state index contributed by atoms with van der Waals surface area (Å²) in [5, 5.41) is 8.68. The van der Waals surface area contributed by atoms with Crippen LogP contribution in [0.15, 0.2) is 167 Å². The van der Waals surface area contributed by atoms with E-state index in [1.54, 1.807) is 45.3 Å². The Morgan fingerprint density at radius 1 is 0.414 bits per heavy atom. The van der Waals surface area contributed by atoms with Gasteiger partial charge in [-0.25, -0.2) is 0 Å². The predicted octanol–water partition coefficient (Wildman–Crippen LogP) is 19.2. The van der Waals surface area contributed by atoms with Crippen molar-refractivity contribution in [3.05, 3.63) is 201 Å². The molecule has 0 unspecified atom stereocenters. The summed E-state index contributed by atoms with van der Waals surface area (Å²) in [4.78, 5) is 14.6. The zero-order chi connectivity index (χ0) is 47.5. The summed E-state index contributed by atoms with van der Waals surface area (Å²) in [6, 6.07) is 49.2. The Hall–Kier alpha value is -6.42. The molecule has 8 aromatic heterocycles. The molecule has 0 atom stereocenters. The van der Waals surface area contributed by atoms with E-state index in [1.807, 2.05) is 12.4 Å². The quantitative estimate of drug-likeness (QED) is 0.0673. The third kappa shape index (κ3) is 11.0. The second kappa shape index (κ2) is 23.0. The van der Waals surface area contributed by atoms with Gasteiger partial charge >= 0.3 is 0 Å². The Kier molecular flexibility index (Phi) is 15.5. The smallest absolute Gasteiger partial charge is 0.0892 e. The number of unbranched alkanes of at least 4 members (excludes halogenated alkanes) is 6. The Morgan fingerprint density at radius 3 is 1.19 bits per heavy atom. The molecule has 0 bridgehead atoms. The summed E-state index contributed by atoms with van der Waals surface area (Å²) < 4.78 is 4.90. The molecule has 0 amide bonds. The second-order valence-electron chi connectivity index (χ2n) is 17.8. The second-order valence-corrected chi connectivity index (χ2v) is 21.6. The molecular formula is C62H58N4S4. The summed E-state index contributed by atoms with van der Waals surface area (Å²) in [5.74, 6) is 0. The molecule has 0 saturated carbocycles. The first-order chi connectivity index (χ1) is 34.6. The lowest BCUT2D eigenvalue weighted by Crippen LogP contribution is -1.99. The molecule has 0 aliphatic carbocycles. The first-order valence-electron chi connectivity index (χ1n) is 24.8. The van der Waals surface area contributed by atoms with Gasteiger partial charge in [0.2, 0.25) is 0 Å². The number of aryl methyl sites for hydroxylation is 2. The first kappa shape index (κ1) is 47.3. The van der Waals surface area contributed by atoms with Gasteiger partial charge in [0.15, 0.2) is 0 Å². The van der Waals surface area contributed by atoms with E-state index in [0.717, 1.165) is 35.4 Å². The third-order valence-electron chi connectivity index (χ3n) is 12.9. The SMILES string of the molecule is CCCCCCc1ccc(-n2c(-c3cccs3)cc(/C=C/c3ccnc(-c4cc(/C=C/c5cc(-c6cccs6)n(-c6ccc(CCCCCC)cc6)c5-c5cccs5)ccn4)c3)c2-c2cccs2)cc1. The fourth-order valence-corrected chi connectivity index (χ4v) is 12.3. The summed E-state index contributed by atoms with van der Waals surface area (Å²) in [6.45, 7) is 4.55. The van der Waals surface area contributed by atoms with Crippen LogP contribution in [0.25, 0.3) is 89.4 Å². The van der Waals surface area contributed by atoms with Gasteiger partial charge < -0.3 is 9.13 Å². The molecule has 0 N–H and O–H groups in total. The summed E-state index contributed by atoms with van der Waals surface area (Å²) in [6.07, 6.45) is 25.2. The van der Waals surface area contributed by atoms with E-state index in [9.17, 15) is 0 Å². The number of rotatable bonds is 21. The van der Waals surface area contributed by atoms with Crippen LogP contribution in [0.2, 0.25) is 0 Å². The lowest BCUT2D eigenvalue weighted by Gasteiger charge is -2.14. The number of aromatic nitrogens is 4. The molecule has 0 radical (unpaired) electrons. The van der Waals surface area contributed by atoms with Crippen LogP contribution in [0.5, 0.6) is 0 Å². The van der Waals surface area contributed by atoms with Gasteiger partial charge in [0, 0.05) is 34.9 Å². The Balaban J connectivity index is 0.949. The number of hydrogen-bond donors (Lipinski definition) is 0. The highest BCUT2D eigenvalue weighted by atomic mass is 32.1. The zero-order valence-electron chi connectivity index (χ0n) is 40.0. The van der Waals surface area contributed by atoms with Crippen molar-refractivity contribution in [1.82, 2.24) is 19.1 Å². The minimum atomic E-state index is 0.835.